The van der Waals surface area contributed by atoms with E-state index in [-0.39, 0.29) is 0 Å². The van der Waals surface area contributed by atoms with Gasteiger partial charge in [-0.3, -0.25) is 4.90 Å². The van der Waals surface area contributed by atoms with Crippen molar-refractivity contribution in [1.29, 1.82) is 0 Å². The molecule has 1 aromatic carbocycles. The lowest BCUT2D eigenvalue weighted by molar-refractivity contribution is 0.141. The molecule has 0 aromatic heterocycles. The molecule has 1 N–H and O–H groups in total. The van der Waals surface area contributed by atoms with E-state index >= 15 is 0 Å². The number of hydrogen-bond donors (Lipinski definition) is 1. The Morgan fingerprint density at radius 3 is 2.74 bits per heavy atom. The number of piperazine rings is 1. The van der Waals surface area contributed by atoms with Crippen molar-refractivity contribution in [3.63, 3.8) is 0 Å². The summed E-state index contributed by atoms with van der Waals surface area (Å²) in [6.45, 7) is 4.97. The van der Waals surface area contributed by atoms with Gasteiger partial charge in [-0.2, -0.15) is 0 Å². The van der Waals surface area contributed by atoms with Crippen LogP contribution < -0.4 is 5.32 Å². The minimum Gasteiger partial charge on any atom is -0.314 e. The van der Waals surface area contributed by atoms with E-state index in [1.165, 1.54) is 63.8 Å². The van der Waals surface area contributed by atoms with Crippen LogP contribution in [0.5, 0.6) is 0 Å². The maximum Gasteiger partial charge on any atom is 0.0249 e. The van der Waals surface area contributed by atoms with Gasteiger partial charge >= 0.3 is 0 Å². The summed E-state index contributed by atoms with van der Waals surface area (Å²) in [5, 5.41) is 3.56. The molecule has 2 nitrogen and oxygen atoms in total. The number of rotatable bonds is 6. The van der Waals surface area contributed by atoms with Crippen LogP contribution in [0.4, 0.5) is 0 Å². The maximum atomic E-state index is 3.56. The van der Waals surface area contributed by atoms with Crippen molar-refractivity contribution in [3.8, 4) is 0 Å². The average molecular weight is 258 g/mol. The number of aryl methyl sites for hydroxylation is 1. The summed E-state index contributed by atoms with van der Waals surface area (Å²) in [6, 6.07) is 11.7. The Labute approximate surface area is 117 Å². The van der Waals surface area contributed by atoms with E-state index < -0.39 is 0 Å². The van der Waals surface area contributed by atoms with Crippen LogP contribution in [-0.2, 0) is 6.42 Å². The number of benzene rings is 1. The first-order valence-electron chi connectivity index (χ1n) is 7.92. The van der Waals surface area contributed by atoms with Crippen LogP contribution in [0.3, 0.4) is 0 Å². The van der Waals surface area contributed by atoms with Gasteiger partial charge in [-0.05, 0) is 50.1 Å². The zero-order valence-corrected chi connectivity index (χ0v) is 11.9. The summed E-state index contributed by atoms with van der Waals surface area (Å²) < 4.78 is 0. The molecule has 1 saturated heterocycles. The molecule has 1 aromatic rings. The molecule has 19 heavy (non-hydrogen) atoms. The third-order valence-corrected chi connectivity index (χ3v) is 4.57. The van der Waals surface area contributed by atoms with Crippen LogP contribution in [0, 0.1) is 5.92 Å². The van der Waals surface area contributed by atoms with E-state index in [0.717, 1.165) is 12.0 Å². The number of nitrogens with zero attached hydrogens (tertiary/aromatic N) is 1. The first-order valence-corrected chi connectivity index (χ1v) is 7.92. The topological polar surface area (TPSA) is 15.3 Å². The molecule has 104 valence electrons. The molecule has 3 rings (SSSR count). The van der Waals surface area contributed by atoms with E-state index in [9.17, 15) is 0 Å². The molecule has 1 atom stereocenters. The zero-order chi connectivity index (χ0) is 12.9. The van der Waals surface area contributed by atoms with Crippen LogP contribution in [0.15, 0.2) is 30.3 Å². The molecule has 2 fully saturated rings. The Balaban J connectivity index is 1.39. The Morgan fingerprint density at radius 1 is 1.11 bits per heavy atom. The molecular weight excluding hydrogens is 232 g/mol. The van der Waals surface area contributed by atoms with Gasteiger partial charge in [-0.1, -0.05) is 30.3 Å². The van der Waals surface area contributed by atoms with Gasteiger partial charge in [0.15, 0.2) is 0 Å². The first-order chi connectivity index (χ1) is 9.43. The van der Waals surface area contributed by atoms with Gasteiger partial charge in [-0.15, -0.1) is 0 Å². The minimum atomic E-state index is 0.838. The van der Waals surface area contributed by atoms with E-state index in [1.807, 2.05) is 0 Å². The first kappa shape index (κ1) is 13.1. The molecular formula is C17H26N2. The average Bonchev–Trinajstić information content (AvgIpc) is 3.30. The minimum absolute atomic E-state index is 0.838. The van der Waals surface area contributed by atoms with E-state index in [1.54, 1.807) is 0 Å². The highest BCUT2D eigenvalue weighted by molar-refractivity contribution is 5.14. The summed E-state index contributed by atoms with van der Waals surface area (Å²) in [5.41, 5.74) is 1.49. The molecule has 0 amide bonds. The molecule has 2 aliphatic rings. The van der Waals surface area contributed by atoms with Gasteiger partial charge in [0.05, 0.1) is 0 Å². The van der Waals surface area contributed by atoms with Crippen molar-refractivity contribution in [3.05, 3.63) is 35.9 Å². The van der Waals surface area contributed by atoms with Crippen molar-refractivity contribution in [1.82, 2.24) is 10.2 Å². The lowest BCUT2D eigenvalue weighted by Crippen LogP contribution is -2.52. The van der Waals surface area contributed by atoms with Gasteiger partial charge in [0.25, 0.3) is 0 Å². The van der Waals surface area contributed by atoms with E-state index in [4.69, 9.17) is 0 Å². The van der Waals surface area contributed by atoms with E-state index in [0.29, 0.717) is 0 Å². The fourth-order valence-corrected chi connectivity index (χ4v) is 3.28. The molecule has 1 unspecified atom stereocenters. The van der Waals surface area contributed by atoms with Crippen molar-refractivity contribution >= 4 is 0 Å². The van der Waals surface area contributed by atoms with Gasteiger partial charge in [0.1, 0.15) is 0 Å². The standard InChI is InChI=1S/C17H26N2/c1-2-6-15(7-3-1)8-4-5-12-19-13-11-18-14-17(19)16-9-10-16/h1-3,6-7,16-18H,4-5,8-14H2. The normalized spacial score (nSPS) is 24.5. The van der Waals surface area contributed by atoms with Crippen LogP contribution in [-0.4, -0.2) is 37.1 Å². The van der Waals surface area contributed by atoms with Gasteiger partial charge < -0.3 is 5.32 Å². The van der Waals surface area contributed by atoms with Gasteiger partial charge in [0.2, 0.25) is 0 Å². The van der Waals surface area contributed by atoms with Crippen molar-refractivity contribution < 1.29 is 0 Å². The molecule has 1 saturated carbocycles. The maximum absolute atomic E-state index is 3.56. The second-order valence-corrected chi connectivity index (χ2v) is 6.09. The van der Waals surface area contributed by atoms with Gasteiger partial charge in [0, 0.05) is 25.7 Å². The largest absolute Gasteiger partial charge is 0.314 e. The molecule has 0 radical (unpaired) electrons. The highest BCUT2D eigenvalue weighted by Crippen LogP contribution is 2.35. The second kappa shape index (κ2) is 6.53. The van der Waals surface area contributed by atoms with Gasteiger partial charge in [-0.25, -0.2) is 0 Å². The fraction of sp³-hybridized carbons (Fsp3) is 0.647. The lowest BCUT2D eigenvalue weighted by atomic mass is 10.1. The Bertz CT molecular complexity index is 372. The molecule has 2 heteroatoms. The third kappa shape index (κ3) is 3.80. The summed E-state index contributed by atoms with van der Waals surface area (Å²) >= 11 is 0. The fourth-order valence-electron chi connectivity index (χ4n) is 3.28. The quantitative estimate of drug-likeness (QED) is 0.789. The summed E-state index contributed by atoms with van der Waals surface area (Å²) in [4.78, 5) is 2.75. The number of unbranched alkanes of at least 4 members (excludes halogenated alkanes) is 1. The zero-order valence-electron chi connectivity index (χ0n) is 11.9. The molecule has 1 aliphatic carbocycles. The monoisotopic (exact) mass is 258 g/mol. The molecule has 1 heterocycles. The summed E-state index contributed by atoms with van der Waals surface area (Å²) in [7, 11) is 0. The smallest absolute Gasteiger partial charge is 0.0249 e. The highest BCUT2D eigenvalue weighted by Gasteiger charge is 2.35. The van der Waals surface area contributed by atoms with Crippen LogP contribution >= 0.6 is 0 Å². The van der Waals surface area contributed by atoms with Crippen LogP contribution in [0.25, 0.3) is 0 Å². The summed E-state index contributed by atoms with van der Waals surface area (Å²) in [6.07, 6.45) is 6.84. The molecule has 0 spiro atoms. The van der Waals surface area contributed by atoms with Crippen molar-refractivity contribution in [2.75, 3.05) is 26.2 Å². The Morgan fingerprint density at radius 2 is 1.95 bits per heavy atom. The SMILES string of the molecule is c1ccc(CCCCN2CCNCC2C2CC2)cc1. The highest BCUT2D eigenvalue weighted by atomic mass is 15.2. The van der Waals surface area contributed by atoms with Crippen LogP contribution in [0.2, 0.25) is 0 Å². The summed E-state index contributed by atoms with van der Waals surface area (Å²) in [5.74, 6) is 1.00. The van der Waals surface area contributed by atoms with Crippen LogP contribution in [0.1, 0.15) is 31.2 Å². The van der Waals surface area contributed by atoms with Crippen molar-refractivity contribution in [2.24, 2.45) is 5.92 Å². The van der Waals surface area contributed by atoms with E-state index in [2.05, 4.69) is 40.5 Å². The second-order valence-electron chi connectivity index (χ2n) is 6.09. The van der Waals surface area contributed by atoms with Crippen molar-refractivity contribution in [2.45, 2.75) is 38.1 Å². The Hall–Kier alpha value is -0.860. The lowest BCUT2D eigenvalue weighted by Gasteiger charge is -2.36. The molecule has 1 aliphatic heterocycles. The predicted molar refractivity (Wildman–Crippen MR) is 80.3 cm³/mol. The predicted octanol–water partition coefficient (Wildman–Crippen LogP) is 2.69. The Kier molecular flexibility index (Phi) is 4.52. The molecule has 0 bridgehead atoms. The third-order valence-electron chi connectivity index (χ3n) is 4.57. The number of hydrogen-bond acceptors (Lipinski definition) is 2. The number of nitrogens with one attached hydrogen (secondary N) is 1.